The normalized spacial score (nSPS) is 22.0. The van der Waals surface area contributed by atoms with Crippen LogP contribution in [0, 0.1) is 0 Å². The zero-order chi connectivity index (χ0) is 16.7. The molecule has 0 aromatic heterocycles. The number of hydrogen-bond donors (Lipinski definition) is 2. The van der Waals surface area contributed by atoms with Crippen LogP contribution in [0.3, 0.4) is 0 Å². The third kappa shape index (κ3) is 5.46. The van der Waals surface area contributed by atoms with Gasteiger partial charge in [-0.15, -0.1) is 0 Å². The average Bonchev–Trinajstić information content (AvgIpc) is 2.54. The molecule has 2 rings (SSSR count). The van der Waals surface area contributed by atoms with E-state index in [4.69, 9.17) is 9.47 Å². The topological polar surface area (TPSA) is 76.7 Å². The predicted molar refractivity (Wildman–Crippen MR) is 89.2 cm³/mol. The van der Waals surface area contributed by atoms with Gasteiger partial charge in [0.25, 0.3) is 0 Å². The first-order chi connectivity index (χ1) is 11.0. The van der Waals surface area contributed by atoms with Crippen molar-refractivity contribution in [2.75, 3.05) is 26.4 Å². The Morgan fingerprint density at radius 2 is 2.00 bits per heavy atom. The fourth-order valence-electron chi connectivity index (χ4n) is 2.55. The molecule has 1 aliphatic rings. The van der Waals surface area contributed by atoms with Crippen LogP contribution in [0.15, 0.2) is 29.2 Å². The Bertz CT molecular complexity index is 574. The number of rotatable bonds is 8. The van der Waals surface area contributed by atoms with Gasteiger partial charge in [-0.1, -0.05) is 0 Å². The van der Waals surface area contributed by atoms with Crippen molar-refractivity contribution in [2.45, 2.75) is 43.7 Å². The average molecular weight is 342 g/mol. The fraction of sp³-hybridized carbons (Fsp3) is 0.625. The molecule has 1 saturated heterocycles. The molecule has 0 saturated carbocycles. The smallest absolute Gasteiger partial charge is 0.240 e. The van der Waals surface area contributed by atoms with E-state index in [1.807, 2.05) is 13.8 Å². The zero-order valence-electron chi connectivity index (χ0n) is 13.7. The molecule has 130 valence electrons. The van der Waals surface area contributed by atoms with Gasteiger partial charge < -0.3 is 14.8 Å². The van der Waals surface area contributed by atoms with E-state index in [-0.39, 0.29) is 17.0 Å². The van der Waals surface area contributed by atoms with Crippen molar-refractivity contribution in [1.82, 2.24) is 10.0 Å². The monoisotopic (exact) mass is 342 g/mol. The highest BCUT2D eigenvalue weighted by molar-refractivity contribution is 7.89. The lowest BCUT2D eigenvalue weighted by Crippen LogP contribution is -2.51. The third-order valence-corrected chi connectivity index (χ3v) is 5.41. The van der Waals surface area contributed by atoms with Crippen LogP contribution in [0.5, 0.6) is 5.75 Å². The van der Waals surface area contributed by atoms with Crippen molar-refractivity contribution < 1.29 is 17.9 Å². The molecule has 0 radical (unpaired) electrons. The Hall–Kier alpha value is -1.15. The van der Waals surface area contributed by atoms with E-state index in [0.717, 1.165) is 19.4 Å². The van der Waals surface area contributed by atoms with Gasteiger partial charge in [-0.2, -0.15) is 0 Å². The number of sulfonamides is 1. The van der Waals surface area contributed by atoms with E-state index in [2.05, 4.69) is 10.0 Å². The molecule has 1 aromatic rings. The lowest BCUT2D eigenvalue weighted by molar-refractivity contribution is 0.110. The molecule has 2 atom stereocenters. The van der Waals surface area contributed by atoms with Crippen molar-refractivity contribution >= 4 is 10.0 Å². The molecule has 23 heavy (non-hydrogen) atoms. The van der Waals surface area contributed by atoms with Crippen LogP contribution in [0.25, 0.3) is 0 Å². The Morgan fingerprint density at radius 1 is 1.26 bits per heavy atom. The van der Waals surface area contributed by atoms with E-state index in [9.17, 15) is 8.42 Å². The molecule has 6 nitrogen and oxygen atoms in total. The summed E-state index contributed by atoms with van der Waals surface area (Å²) >= 11 is 0. The van der Waals surface area contributed by atoms with Crippen molar-refractivity contribution in [3.8, 4) is 5.75 Å². The van der Waals surface area contributed by atoms with Crippen LogP contribution >= 0.6 is 0 Å². The summed E-state index contributed by atoms with van der Waals surface area (Å²) in [6.45, 7) is 6.49. The van der Waals surface area contributed by atoms with E-state index < -0.39 is 10.0 Å². The van der Waals surface area contributed by atoms with Crippen molar-refractivity contribution in [2.24, 2.45) is 0 Å². The van der Waals surface area contributed by atoms with Gasteiger partial charge in [0.05, 0.1) is 11.5 Å². The highest BCUT2D eigenvalue weighted by Crippen LogP contribution is 2.18. The molecule has 1 aliphatic heterocycles. The van der Waals surface area contributed by atoms with Gasteiger partial charge in [0.1, 0.15) is 12.4 Å². The summed E-state index contributed by atoms with van der Waals surface area (Å²) in [5, 5.41) is 3.29. The number of benzene rings is 1. The summed E-state index contributed by atoms with van der Waals surface area (Å²) < 4.78 is 38.4. The Morgan fingerprint density at radius 3 is 2.65 bits per heavy atom. The maximum atomic E-state index is 12.5. The van der Waals surface area contributed by atoms with Crippen LogP contribution in [0.4, 0.5) is 0 Å². The minimum atomic E-state index is -3.51. The second kappa shape index (κ2) is 8.63. The van der Waals surface area contributed by atoms with Gasteiger partial charge in [-0.3, -0.25) is 0 Å². The van der Waals surface area contributed by atoms with Crippen LogP contribution in [-0.2, 0) is 14.8 Å². The van der Waals surface area contributed by atoms with Crippen LogP contribution in [-0.4, -0.2) is 46.9 Å². The van der Waals surface area contributed by atoms with Crippen LogP contribution in [0.2, 0.25) is 0 Å². The lowest BCUT2D eigenvalue weighted by atomic mass is 10.0. The first kappa shape index (κ1) is 18.2. The fourth-order valence-corrected chi connectivity index (χ4v) is 3.90. The van der Waals surface area contributed by atoms with Gasteiger partial charge >= 0.3 is 0 Å². The molecule has 1 aromatic carbocycles. The highest BCUT2D eigenvalue weighted by atomic mass is 32.2. The Balaban J connectivity index is 1.94. The second-order valence-electron chi connectivity index (χ2n) is 5.63. The van der Waals surface area contributed by atoms with Gasteiger partial charge in [0.2, 0.25) is 10.0 Å². The zero-order valence-corrected chi connectivity index (χ0v) is 14.6. The number of nitrogens with one attached hydrogen (secondary N) is 2. The highest BCUT2D eigenvalue weighted by Gasteiger charge is 2.26. The Kier molecular flexibility index (Phi) is 6.83. The molecule has 0 aliphatic carbocycles. The SMILES string of the molecule is CCOCCOc1ccc(S(=O)(=O)NC2CCCNC2C)cc1. The molecule has 0 bridgehead atoms. The number of piperidine rings is 1. The summed E-state index contributed by atoms with van der Waals surface area (Å²) in [4.78, 5) is 0.257. The predicted octanol–water partition coefficient (Wildman–Crippen LogP) is 1.52. The van der Waals surface area contributed by atoms with Gasteiger partial charge in [0, 0.05) is 18.7 Å². The van der Waals surface area contributed by atoms with Crippen molar-refractivity contribution in [3.05, 3.63) is 24.3 Å². The summed E-state index contributed by atoms with van der Waals surface area (Å²) in [7, 11) is -3.51. The largest absolute Gasteiger partial charge is 0.491 e. The summed E-state index contributed by atoms with van der Waals surface area (Å²) in [6.07, 6.45) is 1.83. The first-order valence-electron chi connectivity index (χ1n) is 8.09. The van der Waals surface area contributed by atoms with E-state index >= 15 is 0 Å². The van der Waals surface area contributed by atoms with Gasteiger partial charge in [-0.05, 0) is 57.5 Å². The van der Waals surface area contributed by atoms with Crippen LogP contribution < -0.4 is 14.8 Å². The summed E-state index contributed by atoms with van der Waals surface area (Å²) in [6, 6.07) is 6.54. The molecule has 2 unspecified atom stereocenters. The molecule has 2 N–H and O–H groups in total. The van der Waals surface area contributed by atoms with Gasteiger partial charge in [-0.25, -0.2) is 13.1 Å². The van der Waals surface area contributed by atoms with E-state index in [0.29, 0.717) is 25.6 Å². The molecule has 0 spiro atoms. The molecule has 7 heteroatoms. The quantitative estimate of drug-likeness (QED) is 0.701. The maximum absolute atomic E-state index is 12.5. The molecule has 1 fully saturated rings. The molecular weight excluding hydrogens is 316 g/mol. The molecular formula is C16H26N2O4S. The van der Waals surface area contributed by atoms with Crippen molar-refractivity contribution in [1.29, 1.82) is 0 Å². The first-order valence-corrected chi connectivity index (χ1v) is 9.57. The Labute approximate surface area is 138 Å². The molecule has 1 heterocycles. The maximum Gasteiger partial charge on any atom is 0.240 e. The minimum Gasteiger partial charge on any atom is -0.491 e. The van der Waals surface area contributed by atoms with Gasteiger partial charge in [0.15, 0.2) is 0 Å². The number of hydrogen-bond acceptors (Lipinski definition) is 5. The summed E-state index contributed by atoms with van der Waals surface area (Å²) in [5.41, 5.74) is 0. The summed E-state index contributed by atoms with van der Waals surface area (Å²) in [5.74, 6) is 0.636. The second-order valence-corrected chi connectivity index (χ2v) is 7.34. The third-order valence-electron chi connectivity index (χ3n) is 3.90. The van der Waals surface area contributed by atoms with E-state index in [1.54, 1.807) is 24.3 Å². The number of ether oxygens (including phenoxy) is 2. The van der Waals surface area contributed by atoms with E-state index in [1.165, 1.54) is 0 Å². The van der Waals surface area contributed by atoms with Crippen LogP contribution in [0.1, 0.15) is 26.7 Å². The minimum absolute atomic E-state index is 0.0733. The molecule has 0 amide bonds. The lowest BCUT2D eigenvalue weighted by Gasteiger charge is -2.30. The van der Waals surface area contributed by atoms with Crippen molar-refractivity contribution in [3.63, 3.8) is 0 Å². The standard InChI is InChI=1S/C16H26N2O4S/c1-3-21-11-12-22-14-6-8-15(9-7-14)23(19,20)18-16-5-4-10-17-13(16)2/h6-9,13,16-18H,3-5,10-12H2,1-2H3.